The molecule has 4 rings (SSSR count). The molecule has 8 heteroatoms. The van der Waals surface area contributed by atoms with Gasteiger partial charge in [0.15, 0.2) is 0 Å². The summed E-state index contributed by atoms with van der Waals surface area (Å²) in [6.07, 6.45) is 0. The van der Waals surface area contributed by atoms with Crippen LogP contribution in [0.15, 0.2) is 54.6 Å². The number of hydrogen-bond donors (Lipinski definition) is 2. The number of halogens is 1. The zero-order valence-electron chi connectivity index (χ0n) is 16.4. The highest BCUT2D eigenvalue weighted by molar-refractivity contribution is 7.18. The van der Waals surface area contributed by atoms with Gasteiger partial charge < -0.3 is 15.2 Å². The summed E-state index contributed by atoms with van der Waals surface area (Å²) >= 11 is 7.31. The molecule has 0 atom stereocenters. The van der Waals surface area contributed by atoms with Crippen LogP contribution in [-0.2, 0) is 13.6 Å². The zero-order chi connectivity index (χ0) is 21.3. The number of amides is 2. The number of aryl methyl sites for hydroxylation is 2. The summed E-state index contributed by atoms with van der Waals surface area (Å²) in [5, 5.41) is 6.70. The van der Waals surface area contributed by atoms with Gasteiger partial charge in [-0.2, -0.15) is 0 Å². The van der Waals surface area contributed by atoms with Crippen molar-refractivity contribution in [2.24, 2.45) is 7.05 Å². The summed E-state index contributed by atoms with van der Waals surface area (Å²) in [5.41, 5.74) is 3.08. The third-order valence-corrected chi connectivity index (χ3v) is 6.25. The molecule has 152 valence electrons. The molecule has 2 heterocycles. The van der Waals surface area contributed by atoms with Crippen molar-refractivity contribution in [1.82, 2.24) is 14.9 Å². The maximum atomic E-state index is 12.7. The average molecular weight is 439 g/mol. The lowest BCUT2D eigenvalue weighted by atomic mass is 10.2. The van der Waals surface area contributed by atoms with Gasteiger partial charge in [0.1, 0.15) is 5.82 Å². The molecule has 6 nitrogen and oxygen atoms in total. The molecule has 0 spiro atoms. The lowest BCUT2D eigenvalue weighted by Gasteiger charge is -2.05. The number of carbonyl (C=O) groups excluding carboxylic acids is 2. The van der Waals surface area contributed by atoms with Crippen molar-refractivity contribution in [3.63, 3.8) is 0 Å². The number of rotatable bonds is 5. The van der Waals surface area contributed by atoms with Gasteiger partial charge in [0.25, 0.3) is 11.8 Å². The summed E-state index contributed by atoms with van der Waals surface area (Å²) in [5.74, 6) is 0.252. The quantitative estimate of drug-likeness (QED) is 0.470. The number of fused-ring (bicyclic) bond motifs is 1. The van der Waals surface area contributed by atoms with Gasteiger partial charge in [0.05, 0.1) is 38.0 Å². The number of nitrogens with one attached hydrogen (secondary N) is 2. The number of benzene rings is 2. The predicted molar refractivity (Wildman–Crippen MR) is 120 cm³/mol. The number of thiophene rings is 1. The Hall–Kier alpha value is -3.16. The van der Waals surface area contributed by atoms with Crippen LogP contribution in [-0.4, -0.2) is 21.4 Å². The molecule has 2 N–H and O–H groups in total. The van der Waals surface area contributed by atoms with Gasteiger partial charge in [-0.05, 0) is 42.8 Å². The van der Waals surface area contributed by atoms with E-state index in [9.17, 15) is 9.59 Å². The minimum Gasteiger partial charge on any atom is -0.344 e. The molecule has 2 aromatic heterocycles. The van der Waals surface area contributed by atoms with Crippen LogP contribution in [0.1, 0.15) is 31.4 Å². The summed E-state index contributed by atoms with van der Waals surface area (Å²) in [4.78, 5) is 30.3. The van der Waals surface area contributed by atoms with Gasteiger partial charge in [0.2, 0.25) is 0 Å². The summed E-state index contributed by atoms with van der Waals surface area (Å²) in [6, 6.07) is 16.4. The Labute approximate surface area is 182 Å². The number of carbonyl (C=O) groups is 2. The fourth-order valence-corrected chi connectivity index (χ4v) is 4.39. The van der Waals surface area contributed by atoms with E-state index >= 15 is 0 Å². The van der Waals surface area contributed by atoms with Crippen molar-refractivity contribution in [2.75, 3.05) is 5.32 Å². The SMILES string of the molecule is Cc1cc(NC(=O)c2ccccc2Cl)sc1C(=O)NCc1nc2ccccc2n1C. The van der Waals surface area contributed by atoms with E-state index in [-0.39, 0.29) is 11.8 Å². The van der Waals surface area contributed by atoms with Gasteiger partial charge in [-0.15, -0.1) is 11.3 Å². The molecule has 0 aliphatic heterocycles. The Kier molecular flexibility index (Phi) is 5.57. The van der Waals surface area contributed by atoms with Crippen molar-refractivity contribution in [2.45, 2.75) is 13.5 Å². The van der Waals surface area contributed by atoms with Crippen LogP contribution < -0.4 is 10.6 Å². The largest absolute Gasteiger partial charge is 0.344 e. The van der Waals surface area contributed by atoms with Crippen LogP contribution in [0.4, 0.5) is 5.00 Å². The van der Waals surface area contributed by atoms with Crippen molar-refractivity contribution in [3.05, 3.63) is 81.4 Å². The molecule has 2 amide bonds. The molecule has 4 aromatic rings. The highest BCUT2D eigenvalue weighted by Crippen LogP contribution is 2.28. The van der Waals surface area contributed by atoms with E-state index in [2.05, 4.69) is 15.6 Å². The van der Waals surface area contributed by atoms with E-state index in [1.807, 2.05) is 42.8 Å². The average Bonchev–Trinajstić information content (AvgIpc) is 3.26. The predicted octanol–water partition coefficient (Wildman–Crippen LogP) is 4.78. The Morgan fingerprint density at radius 3 is 2.60 bits per heavy atom. The van der Waals surface area contributed by atoms with Gasteiger partial charge in [-0.25, -0.2) is 4.98 Å². The minimum absolute atomic E-state index is 0.206. The molecule has 0 bridgehead atoms. The number of aromatic nitrogens is 2. The first-order valence-electron chi connectivity index (χ1n) is 9.29. The van der Waals surface area contributed by atoms with E-state index in [0.717, 1.165) is 22.4 Å². The van der Waals surface area contributed by atoms with Crippen LogP contribution in [0.25, 0.3) is 11.0 Å². The Morgan fingerprint density at radius 2 is 1.83 bits per heavy atom. The first kappa shape index (κ1) is 20.1. The molecule has 0 saturated carbocycles. The number of anilines is 1. The molecular formula is C22H19ClN4O2S. The van der Waals surface area contributed by atoms with Crippen LogP contribution in [0.5, 0.6) is 0 Å². The summed E-state index contributed by atoms with van der Waals surface area (Å²) in [7, 11) is 1.93. The highest BCUT2D eigenvalue weighted by atomic mass is 35.5. The van der Waals surface area contributed by atoms with Crippen LogP contribution in [0.3, 0.4) is 0 Å². The Bertz CT molecular complexity index is 1260. The molecule has 0 aliphatic carbocycles. The lowest BCUT2D eigenvalue weighted by molar-refractivity contribution is 0.0952. The van der Waals surface area contributed by atoms with Gasteiger partial charge in [-0.1, -0.05) is 35.9 Å². The second kappa shape index (κ2) is 8.30. The van der Waals surface area contributed by atoms with E-state index in [1.54, 1.807) is 30.3 Å². The topological polar surface area (TPSA) is 76.0 Å². The maximum Gasteiger partial charge on any atom is 0.262 e. The molecule has 0 saturated heterocycles. The minimum atomic E-state index is -0.312. The van der Waals surface area contributed by atoms with Crippen LogP contribution in [0, 0.1) is 6.92 Å². The fourth-order valence-electron chi connectivity index (χ4n) is 3.19. The number of imidazole rings is 1. The third-order valence-electron chi connectivity index (χ3n) is 4.77. The smallest absolute Gasteiger partial charge is 0.262 e. The number of para-hydroxylation sites is 2. The molecule has 2 aromatic carbocycles. The maximum absolute atomic E-state index is 12.7. The van der Waals surface area contributed by atoms with Crippen molar-refractivity contribution < 1.29 is 9.59 Å². The summed E-state index contributed by atoms with van der Waals surface area (Å²) < 4.78 is 1.96. The van der Waals surface area contributed by atoms with Gasteiger partial charge in [-0.3, -0.25) is 9.59 Å². The highest BCUT2D eigenvalue weighted by Gasteiger charge is 2.17. The molecular weight excluding hydrogens is 420 g/mol. The second-order valence-electron chi connectivity index (χ2n) is 6.82. The fraction of sp³-hybridized carbons (Fsp3) is 0.136. The first-order valence-corrected chi connectivity index (χ1v) is 10.5. The molecule has 0 unspecified atom stereocenters. The molecule has 0 radical (unpaired) electrons. The number of hydrogen-bond acceptors (Lipinski definition) is 4. The van der Waals surface area contributed by atoms with Gasteiger partial charge >= 0.3 is 0 Å². The second-order valence-corrected chi connectivity index (χ2v) is 8.27. The zero-order valence-corrected chi connectivity index (χ0v) is 18.0. The summed E-state index contributed by atoms with van der Waals surface area (Å²) in [6.45, 7) is 2.15. The standard InChI is InChI=1S/C22H19ClN4O2S/c1-13-11-19(26-21(28)14-7-3-4-8-15(14)23)30-20(13)22(29)24-12-18-25-16-9-5-6-10-17(16)27(18)2/h3-11H,12H2,1-2H3,(H,24,29)(H,26,28). The number of nitrogens with zero attached hydrogens (tertiary/aromatic N) is 2. The van der Waals surface area contributed by atoms with E-state index in [4.69, 9.17) is 11.6 Å². The van der Waals surface area contributed by atoms with Gasteiger partial charge in [0, 0.05) is 7.05 Å². The molecule has 30 heavy (non-hydrogen) atoms. The monoisotopic (exact) mass is 438 g/mol. The third kappa shape index (κ3) is 3.94. The van der Waals surface area contributed by atoms with Crippen LogP contribution in [0.2, 0.25) is 5.02 Å². The Balaban J connectivity index is 1.46. The first-order chi connectivity index (χ1) is 14.4. The van der Waals surface area contributed by atoms with Crippen molar-refractivity contribution in [1.29, 1.82) is 0 Å². The van der Waals surface area contributed by atoms with Crippen molar-refractivity contribution >= 4 is 50.8 Å². The van der Waals surface area contributed by atoms with E-state index in [0.29, 0.717) is 27.0 Å². The lowest BCUT2D eigenvalue weighted by Crippen LogP contribution is -2.24. The van der Waals surface area contributed by atoms with E-state index in [1.165, 1.54) is 11.3 Å². The van der Waals surface area contributed by atoms with Crippen LogP contribution >= 0.6 is 22.9 Å². The normalized spacial score (nSPS) is 10.9. The molecule has 0 fully saturated rings. The van der Waals surface area contributed by atoms with E-state index < -0.39 is 0 Å². The Morgan fingerprint density at radius 1 is 1.10 bits per heavy atom. The van der Waals surface area contributed by atoms with Crippen molar-refractivity contribution in [3.8, 4) is 0 Å². The molecule has 0 aliphatic rings.